The molecule has 1 aliphatic heterocycles. The van der Waals surface area contributed by atoms with E-state index in [9.17, 15) is 14.4 Å². The van der Waals surface area contributed by atoms with Crippen molar-refractivity contribution in [2.45, 2.75) is 45.8 Å². The normalized spacial score (nSPS) is 18.5. The van der Waals surface area contributed by atoms with E-state index in [0.717, 1.165) is 24.0 Å². The molecule has 0 spiro atoms. The van der Waals surface area contributed by atoms with Gasteiger partial charge in [0.2, 0.25) is 0 Å². The molecule has 0 N–H and O–H groups in total. The number of hydrogen-bond acceptors (Lipinski definition) is 7. The van der Waals surface area contributed by atoms with Crippen LogP contribution < -0.4 is 4.74 Å². The summed E-state index contributed by atoms with van der Waals surface area (Å²) in [5.41, 5.74) is 2.31. The topological polar surface area (TPSA) is 91.4 Å². The molecule has 0 radical (unpaired) electrons. The molecule has 1 saturated heterocycles. The molecule has 0 aliphatic carbocycles. The van der Waals surface area contributed by atoms with Crippen molar-refractivity contribution in [3.8, 4) is 5.75 Å². The third-order valence-electron chi connectivity index (χ3n) is 6.67. The number of amides is 1. The second-order valence-electron chi connectivity index (χ2n) is 9.20. The van der Waals surface area contributed by atoms with Gasteiger partial charge in [0.05, 0.1) is 26.7 Å². The van der Waals surface area contributed by atoms with Gasteiger partial charge in [-0.15, -0.1) is 0 Å². The van der Waals surface area contributed by atoms with Crippen LogP contribution in [0.3, 0.4) is 0 Å². The van der Waals surface area contributed by atoms with Gasteiger partial charge in [-0.25, -0.2) is 9.59 Å². The average molecular weight is 524 g/mol. The van der Waals surface area contributed by atoms with E-state index in [4.69, 9.17) is 18.9 Å². The lowest BCUT2D eigenvalue weighted by Crippen LogP contribution is -2.45. The van der Waals surface area contributed by atoms with E-state index in [1.165, 1.54) is 12.0 Å². The first-order chi connectivity index (χ1) is 18.4. The summed E-state index contributed by atoms with van der Waals surface area (Å²) in [4.78, 5) is 40.2. The lowest BCUT2D eigenvalue weighted by Gasteiger charge is -2.26. The Kier molecular flexibility index (Phi) is 10.8. The van der Waals surface area contributed by atoms with Gasteiger partial charge in [-0.1, -0.05) is 62.4 Å². The Bertz CT molecular complexity index is 1100. The van der Waals surface area contributed by atoms with Crippen molar-refractivity contribution in [2.75, 3.05) is 26.9 Å². The molecule has 1 fully saturated rings. The molecule has 8 nitrogen and oxygen atoms in total. The number of rotatable bonds is 12. The number of likely N-dealkylation sites (tertiary alicyclic amines) is 1. The number of benzene rings is 2. The zero-order valence-corrected chi connectivity index (χ0v) is 22.4. The van der Waals surface area contributed by atoms with Crippen molar-refractivity contribution in [1.82, 2.24) is 4.90 Å². The lowest BCUT2D eigenvalue weighted by molar-refractivity contribution is -0.150. The number of ether oxygens (including phenoxy) is 4. The summed E-state index contributed by atoms with van der Waals surface area (Å²) in [6.07, 6.45) is 1.22. The Labute approximate surface area is 224 Å². The van der Waals surface area contributed by atoms with Crippen LogP contribution in [0.2, 0.25) is 0 Å². The van der Waals surface area contributed by atoms with Crippen LogP contribution in [-0.2, 0) is 30.4 Å². The molecule has 38 heavy (non-hydrogen) atoms. The molecule has 1 amide bonds. The van der Waals surface area contributed by atoms with Crippen molar-refractivity contribution in [1.29, 1.82) is 0 Å². The average Bonchev–Trinajstić information content (AvgIpc) is 3.31. The minimum Gasteiger partial charge on any atom is -0.494 e. The van der Waals surface area contributed by atoms with Crippen LogP contribution in [0.4, 0.5) is 4.79 Å². The predicted molar refractivity (Wildman–Crippen MR) is 143 cm³/mol. The fraction of sp³-hybridized carbons (Fsp3) is 0.433. The minimum absolute atomic E-state index is 0.0517. The molecule has 1 heterocycles. The molecule has 1 aliphatic rings. The van der Waals surface area contributed by atoms with Gasteiger partial charge in [0.25, 0.3) is 0 Å². The maximum absolute atomic E-state index is 13.3. The maximum Gasteiger partial charge on any atom is 0.410 e. The van der Waals surface area contributed by atoms with Crippen LogP contribution in [0.1, 0.15) is 44.2 Å². The molecule has 0 unspecified atom stereocenters. The zero-order chi connectivity index (χ0) is 27.5. The highest BCUT2D eigenvalue weighted by molar-refractivity contribution is 5.85. The van der Waals surface area contributed by atoms with E-state index in [2.05, 4.69) is 13.5 Å². The van der Waals surface area contributed by atoms with Crippen LogP contribution in [0.15, 0.2) is 61.2 Å². The number of carbonyl (C=O) groups excluding carboxylic acids is 3. The smallest absolute Gasteiger partial charge is 0.410 e. The highest BCUT2D eigenvalue weighted by Gasteiger charge is 2.51. The lowest BCUT2D eigenvalue weighted by atomic mass is 9.81. The van der Waals surface area contributed by atoms with Crippen LogP contribution in [0, 0.1) is 11.8 Å². The monoisotopic (exact) mass is 523 g/mol. The van der Waals surface area contributed by atoms with E-state index in [1.807, 2.05) is 54.6 Å². The summed E-state index contributed by atoms with van der Waals surface area (Å²) >= 11 is 0. The molecular formula is C30H37NO7. The SMILES string of the molecule is C=C(c1cccc(OCCCC)c1)[C@H]1CN(C(=O)OCc2ccccc2)[C@H](C(=O)OCC)[C@H]1CC(=O)OC. The summed E-state index contributed by atoms with van der Waals surface area (Å²) in [5, 5.41) is 0. The Balaban J connectivity index is 1.90. The number of hydrogen-bond donors (Lipinski definition) is 0. The van der Waals surface area contributed by atoms with E-state index in [1.54, 1.807) is 6.92 Å². The minimum atomic E-state index is -1.02. The molecule has 2 aromatic carbocycles. The first kappa shape index (κ1) is 28.8. The Morgan fingerprint density at radius 1 is 1.03 bits per heavy atom. The molecule has 0 aromatic heterocycles. The number of nitrogens with zero attached hydrogens (tertiary/aromatic N) is 1. The van der Waals surface area contributed by atoms with Crippen LogP contribution >= 0.6 is 0 Å². The van der Waals surface area contributed by atoms with Gasteiger partial charge in [0.15, 0.2) is 0 Å². The molecular weight excluding hydrogens is 486 g/mol. The van der Waals surface area contributed by atoms with E-state index in [0.29, 0.717) is 17.9 Å². The highest BCUT2D eigenvalue weighted by Crippen LogP contribution is 2.41. The van der Waals surface area contributed by atoms with Gasteiger partial charge < -0.3 is 18.9 Å². The summed E-state index contributed by atoms with van der Waals surface area (Å²) < 4.78 is 21.7. The molecule has 3 atom stereocenters. The molecule has 0 bridgehead atoms. The van der Waals surface area contributed by atoms with Gasteiger partial charge in [-0.05, 0) is 42.2 Å². The predicted octanol–water partition coefficient (Wildman–Crippen LogP) is 5.26. The molecule has 8 heteroatoms. The second-order valence-corrected chi connectivity index (χ2v) is 9.20. The van der Waals surface area contributed by atoms with Gasteiger partial charge >= 0.3 is 18.0 Å². The number of methoxy groups -OCH3 is 1. The van der Waals surface area contributed by atoms with Crippen LogP contribution in [0.5, 0.6) is 5.75 Å². The van der Waals surface area contributed by atoms with Crippen LogP contribution in [-0.4, -0.2) is 55.8 Å². The number of unbranched alkanes of at least 4 members (excludes halogenated alkanes) is 1. The molecule has 204 valence electrons. The molecule has 2 aromatic rings. The Morgan fingerprint density at radius 2 is 1.79 bits per heavy atom. The second kappa shape index (κ2) is 14.2. The number of esters is 2. The molecule has 0 saturated carbocycles. The fourth-order valence-electron chi connectivity index (χ4n) is 4.66. The quantitative estimate of drug-likeness (QED) is 0.213. The van der Waals surface area contributed by atoms with Crippen molar-refractivity contribution in [3.05, 3.63) is 72.3 Å². The third-order valence-corrected chi connectivity index (χ3v) is 6.67. The summed E-state index contributed by atoms with van der Waals surface area (Å²) in [6, 6.07) is 15.8. The zero-order valence-electron chi connectivity index (χ0n) is 22.4. The summed E-state index contributed by atoms with van der Waals surface area (Å²) in [5.74, 6) is -1.40. The van der Waals surface area contributed by atoms with Crippen molar-refractivity contribution in [3.63, 3.8) is 0 Å². The standard InChI is InChI=1S/C30H37NO7/c1-5-7-16-37-24-15-11-14-23(17-24)21(3)26-19-31(30(34)38-20-22-12-9-8-10-13-22)28(29(33)36-6-2)25(26)18-27(32)35-4/h8-15,17,25-26,28H,3,5-7,16,18-20H2,1-2,4H3/t25-,26+,28-/m0/s1. The van der Waals surface area contributed by atoms with Gasteiger partial charge in [0, 0.05) is 18.4 Å². The van der Waals surface area contributed by atoms with Crippen LogP contribution in [0.25, 0.3) is 5.57 Å². The van der Waals surface area contributed by atoms with E-state index < -0.39 is 35.9 Å². The Morgan fingerprint density at radius 3 is 2.47 bits per heavy atom. The summed E-state index contributed by atoms with van der Waals surface area (Å²) in [6.45, 7) is 9.04. The van der Waals surface area contributed by atoms with Gasteiger partial charge in [-0.3, -0.25) is 9.69 Å². The van der Waals surface area contributed by atoms with Crippen molar-refractivity contribution < 1.29 is 33.3 Å². The summed E-state index contributed by atoms with van der Waals surface area (Å²) in [7, 11) is 1.30. The highest BCUT2D eigenvalue weighted by atomic mass is 16.6. The van der Waals surface area contributed by atoms with E-state index >= 15 is 0 Å². The van der Waals surface area contributed by atoms with Gasteiger partial charge in [-0.2, -0.15) is 0 Å². The first-order valence-corrected chi connectivity index (χ1v) is 13.0. The first-order valence-electron chi connectivity index (χ1n) is 13.0. The fourth-order valence-corrected chi connectivity index (χ4v) is 4.66. The largest absolute Gasteiger partial charge is 0.494 e. The van der Waals surface area contributed by atoms with Gasteiger partial charge in [0.1, 0.15) is 18.4 Å². The Hall–Kier alpha value is -3.81. The number of carbonyl (C=O) groups is 3. The van der Waals surface area contributed by atoms with Crippen molar-refractivity contribution >= 4 is 23.6 Å². The molecule has 3 rings (SSSR count). The maximum atomic E-state index is 13.3. The van der Waals surface area contributed by atoms with Crippen molar-refractivity contribution in [2.24, 2.45) is 11.8 Å². The van der Waals surface area contributed by atoms with E-state index in [-0.39, 0.29) is 26.2 Å². The third kappa shape index (κ3) is 7.37.